The lowest BCUT2D eigenvalue weighted by Crippen LogP contribution is -2.33. The molecule has 0 aromatic heterocycles. The molecule has 0 aliphatic carbocycles. The Morgan fingerprint density at radius 3 is 2.53 bits per heavy atom. The Kier molecular flexibility index (Phi) is 7.02. The first-order valence-electron chi connectivity index (χ1n) is 5.28. The Balaban J connectivity index is 3.64. The molecule has 4 heteroatoms. The maximum Gasteiger partial charge on any atom is 0.322 e. The molecular formula is C11H23NO2S. The van der Waals surface area contributed by atoms with Crippen molar-refractivity contribution >= 4 is 17.7 Å². The zero-order valence-electron chi connectivity index (χ0n) is 10.2. The van der Waals surface area contributed by atoms with Gasteiger partial charge in [-0.05, 0) is 30.3 Å². The summed E-state index contributed by atoms with van der Waals surface area (Å²) >= 11 is 1.69. The fourth-order valence-electron chi connectivity index (χ4n) is 0.928. The van der Waals surface area contributed by atoms with Gasteiger partial charge in [0, 0.05) is 0 Å². The van der Waals surface area contributed by atoms with Crippen LogP contribution < -0.4 is 5.73 Å². The zero-order chi connectivity index (χ0) is 11.9. The lowest BCUT2D eigenvalue weighted by molar-refractivity contribution is -0.145. The third-order valence-corrected chi connectivity index (χ3v) is 2.68. The van der Waals surface area contributed by atoms with Crippen LogP contribution in [0.2, 0.25) is 0 Å². The quantitative estimate of drug-likeness (QED) is 0.713. The number of hydrogen-bond donors (Lipinski definition) is 1. The molecule has 0 aliphatic heterocycles. The van der Waals surface area contributed by atoms with Crippen LogP contribution in [0.5, 0.6) is 0 Å². The van der Waals surface area contributed by atoms with Crippen molar-refractivity contribution < 1.29 is 9.53 Å². The zero-order valence-corrected chi connectivity index (χ0v) is 11.0. The fraction of sp³-hybridized carbons (Fsp3) is 0.909. The van der Waals surface area contributed by atoms with E-state index in [0.717, 1.165) is 12.2 Å². The van der Waals surface area contributed by atoms with Gasteiger partial charge in [-0.15, -0.1) is 0 Å². The summed E-state index contributed by atoms with van der Waals surface area (Å²) in [5.41, 5.74) is 5.86. The van der Waals surface area contributed by atoms with Gasteiger partial charge in [0.2, 0.25) is 0 Å². The van der Waals surface area contributed by atoms with E-state index in [2.05, 4.69) is 20.8 Å². The molecule has 15 heavy (non-hydrogen) atoms. The predicted molar refractivity (Wildman–Crippen MR) is 66.0 cm³/mol. The van der Waals surface area contributed by atoms with Gasteiger partial charge in [-0.3, -0.25) is 4.79 Å². The highest BCUT2D eigenvalue weighted by molar-refractivity contribution is 7.98. The van der Waals surface area contributed by atoms with Crippen molar-refractivity contribution in [2.75, 3.05) is 18.6 Å². The second-order valence-electron chi connectivity index (χ2n) is 4.87. The smallest absolute Gasteiger partial charge is 0.322 e. The number of rotatable bonds is 6. The van der Waals surface area contributed by atoms with Gasteiger partial charge in [0.15, 0.2) is 0 Å². The summed E-state index contributed by atoms with van der Waals surface area (Å²) in [6, 6.07) is -0.461. The summed E-state index contributed by atoms with van der Waals surface area (Å²) in [5, 5.41) is 0. The molecule has 0 saturated carbocycles. The molecule has 0 radical (unpaired) electrons. The molecule has 0 saturated heterocycles. The highest BCUT2D eigenvalue weighted by atomic mass is 32.2. The van der Waals surface area contributed by atoms with Gasteiger partial charge in [-0.25, -0.2) is 0 Å². The predicted octanol–water partition coefficient (Wildman–Crippen LogP) is 2.05. The number of ether oxygens (including phenoxy) is 1. The van der Waals surface area contributed by atoms with Gasteiger partial charge in [0.05, 0.1) is 6.61 Å². The number of carbonyl (C=O) groups excluding carboxylic acids is 1. The van der Waals surface area contributed by atoms with Crippen LogP contribution in [0.25, 0.3) is 0 Å². The second-order valence-corrected chi connectivity index (χ2v) is 5.85. The van der Waals surface area contributed by atoms with Crippen molar-refractivity contribution in [3.8, 4) is 0 Å². The number of carbonyl (C=O) groups is 1. The van der Waals surface area contributed by atoms with Gasteiger partial charge in [0.25, 0.3) is 0 Å². The molecular weight excluding hydrogens is 210 g/mol. The lowest BCUT2D eigenvalue weighted by Gasteiger charge is -2.18. The van der Waals surface area contributed by atoms with Crippen LogP contribution in [0.15, 0.2) is 0 Å². The minimum Gasteiger partial charge on any atom is -0.465 e. The lowest BCUT2D eigenvalue weighted by atomic mass is 9.93. The summed E-state index contributed by atoms with van der Waals surface area (Å²) < 4.78 is 5.10. The highest BCUT2D eigenvalue weighted by Gasteiger charge is 2.16. The fourth-order valence-corrected chi connectivity index (χ4v) is 1.42. The first-order chi connectivity index (χ1) is 6.87. The van der Waals surface area contributed by atoms with E-state index in [9.17, 15) is 4.79 Å². The maximum atomic E-state index is 11.4. The van der Waals surface area contributed by atoms with Crippen molar-refractivity contribution in [3.63, 3.8) is 0 Å². The van der Waals surface area contributed by atoms with Crippen molar-refractivity contribution in [2.24, 2.45) is 11.1 Å². The van der Waals surface area contributed by atoms with Crippen LogP contribution in [0.4, 0.5) is 0 Å². The van der Waals surface area contributed by atoms with Gasteiger partial charge in [-0.2, -0.15) is 11.8 Å². The summed E-state index contributed by atoms with van der Waals surface area (Å²) in [4.78, 5) is 11.4. The van der Waals surface area contributed by atoms with Crippen LogP contribution >= 0.6 is 11.8 Å². The molecule has 3 nitrogen and oxygen atoms in total. The van der Waals surface area contributed by atoms with Gasteiger partial charge in [-0.1, -0.05) is 20.8 Å². The minimum atomic E-state index is -0.461. The molecule has 0 spiro atoms. The van der Waals surface area contributed by atoms with Gasteiger partial charge >= 0.3 is 5.97 Å². The standard InChI is InChI=1S/C11H23NO2S/c1-11(2,3)6-7-14-10(13)9(12)5-8-15-4/h9H,5-8,12H2,1-4H3/t9-/m0/s1. The van der Waals surface area contributed by atoms with E-state index in [1.165, 1.54) is 0 Å². The Morgan fingerprint density at radius 2 is 2.07 bits per heavy atom. The molecule has 1 atom stereocenters. The van der Waals surface area contributed by atoms with Crippen LogP contribution in [0.3, 0.4) is 0 Å². The number of esters is 1. The monoisotopic (exact) mass is 233 g/mol. The Morgan fingerprint density at radius 1 is 1.47 bits per heavy atom. The van der Waals surface area contributed by atoms with Gasteiger partial charge in [0.1, 0.15) is 6.04 Å². The summed E-state index contributed by atoms with van der Waals surface area (Å²) in [7, 11) is 0. The molecule has 90 valence electrons. The first kappa shape index (κ1) is 14.8. The van der Waals surface area contributed by atoms with E-state index in [1.807, 2.05) is 6.26 Å². The molecule has 0 aromatic carbocycles. The van der Waals surface area contributed by atoms with Crippen molar-refractivity contribution in [1.29, 1.82) is 0 Å². The molecule has 0 aromatic rings. The third-order valence-electron chi connectivity index (χ3n) is 2.03. The van der Waals surface area contributed by atoms with E-state index < -0.39 is 6.04 Å². The number of nitrogens with two attached hydrogens (primary N) is 1. The topological polar surface area (TPSA) is 52.3 Å². The molecule has 0 bridgehead atoms. The number of thioether (sulfide) groups is 1. The van der Waals surface area contributed by atoms with Crippen molar-refractivity contribution in [2.45, 2.75) is 39.7 Å². The maximum absolute atomic E-state index is 11.4. The molecule has 2 N–H and O–H groups in total. The van der Waals surface area contributed by atoms with Crippen LogP contribution in [0.1, 0.15) is 33.6 Å². The Hall–Kier alpha value is -0.220. The molecule has 0 heterocycles. The van der Waals surface area contributed by atoms with Crippen molar-refractivity contribution in [1.82, 2.24) is 0 Å². The summed E-state index contributed by atoms with van der Waals surface area (Å²) in [6.45, 7) is 6.83. The van der Waals surface area contributed by atoms with E-state index >= 15 is 0 Å². The van der Waals surface area contributed by atoms with Crippen LogP contribution in [-0.2, 0) is 9.53 Å². The SMILES string of the molecule is CSCC[C@H](N)C(=O)OCCC(C)(C)C. The van der Waals surface area contributed by atoms with Crippen molar-refractivity contribution in [3.05, 3.63) is 0 Å². The van der Waals surface area contributed by atoms with Gasteiger partial charge < -0.3 is 10.5 Å². The highest BCUT2D eigenvalue weighted by Crippen LogP contribution is 2.18. The normalized spacial score (nSPS) is 13.7. The van der Waals surface area contributed by atoms with E-state index in [1.54, 1.807) is 11.8 Å². The van der Waals surface area contributed by atoms with Crippen LogP contribution in [-0.4, -0.2) is 30.6 Å². The first-order valence-corrected chi connectivity index (χ1v) is 6.67. The number of hydrogen-bond acceptors (Lipinski definition) is 4. The Labute approximate surface area is 97.1 Å². The summed E-state index contributed by atoms with van der Waals surface area (Å²) in [6.07, 6.45) is 3.56. The molecule has 0 amide bonds. The van der Waals surface area contributed by atoms with E-state index in [-0.39, 0.29) is 11.4 Å². The average molecular weight is 233 g/mol. The van der Waals surface area contributed by atoms with E-state index in [0.29, 0.717) is 13.0 Å². The molecule has 0 rings (SSSR count). The van der Waals surface area contributed by atoms with Crippen LogP contribution in [0, 0.1) is 5.41 Å². The average Bonchev–Trinajstić information content (AvgIpc) is 2.11. The second kappa shape index (κ2) is 7.12. The summed E-state index contributed by atoms with van der Waals surface area (Å²) in [5.74, 6) is 0.628. The third kappa shape index (κ3) is 8.75. The largest absolute Gasteiger partial charge is 0.465 e. The van der Waals surface area contributed by atoms with E-state index in [4.69, 9.17) is 10.5 Å². The Bertz CT molecular complexity index is 190. The minimum absolute atomic E-state index is 0.198. The molecule has 0 unspecified atom stereocenters. The molecule has 0 fully saturated rings. The molecule has 0 aliphatic rings.